The molecule has 2 aliphatic heterocycles. The number of carboxylic acid groups (broad SMARTS) is 1. The number of aliphatic hydroxyl groups is 1. The highest BCUT2D eigenvalue weighted by atomic mass is 16.7. The van der Waals surface area contributed by atoms with Crippen LogP contribution in [-0.2, 0) is 33.3 Å². The van der Waals surface area contributed by atoms with Crippen molar-refractivity contribution in [2.24, 2.45) is 0 Å². The zero-order chi connectivity index (χ0) is 17.7. The highest BCUT2D eigenvalue weighted by Gasteiger charge is 2.51. The summed E-state index contributed by atoms with van der Waals surface area (Å²) in [5.74, 6) is -2.71. The molecule has 0 aromatic carbocycles. The first kappa shape index (κ1) is 18.0. The van der Waals surface area contributed by atoms with Crippen LogP contribution in [-0.4, -0.2) is 65.8 Å². The third-order valence-electron chi connectivity index (χ3n) is 3.47. The number of carbonyl (C=O) groups is 3. The molecule has 4 atom stereocenters. The lowest BCUT2D eigenvalue weighted by Gasteiger charge is -2.16. The standard InChI is InChI=1S/C15H18O9/c1-8(16)2-4-12(19)23-9-6-21-15-10(7-22-14(9)15)24-13(20)5-3-11(17)18/h2,4,9-10,14-16H,1,3,5-7H2,(H,17,18)/b4-2-/t9-,10+,14+,15+/m0/s1. The van der Waals surface area contributed by atoms with Gasteiger partial charge in [0, 0.05) is 6.08 Å². The Hall–Kier alpha value is -2.39. The van der Waals surface area contributed by atoms with Gasteiger partial charge in [-0.05, 0) is 6.08 Å². The summed E-state index contributed by atoms with van der Waals surface area (Å²) in [4.78, 5) is 33.6. The number of carbonyl (C=O) groups excluding carboxylic acids is 2. The van der Waals surface area contributed by atoms with Crippen molar-refractivity contribution in [2.45, 2.75) is 37.3 Å². The second kappa shape index (κ2) is 7.93. The fourth-order valence-corrected chi connectivity index (χ4v) is 2.42. The molecular formula is C15H18O9. The van der Waals surface area contributed by atoms with Crippen molar-refractivity contribution in [2.75, 3.05) is 13.2 Å². The Morgan fingerprint density at radius 3 is 2.12 bits per heavy atom. The molecule has 0 radical (unpaired) electrons. The first-order valence-corrected chi connectivity index (χ1v) is 7.28. The van der Waals surface area contributed by atoms with Crippen molar-refractivity contribution >= 4 is 17.9 Å². The molecule has 2 N–H and O–H groups in total. The van der Waals surface area contributed by atoms with E-state index in [9.17, 15) is 14.4 Å². The fraction of sp³-hybridized carbons (Fsp3) is 0.533. The van der Waals surface area contributed by atoms with E-state index in [-0.39, 0.29) is 31.8 Å². The first-order valence-electron chi connectivity index (χ1n) is 7.28. The largest absolute Gasteiger partial charge is 0.509 e. The molecule has 2 heterocycles. The Morgan fingerprint density at radius 1 is 1.00 bits per heavy atom. The molecular weight excluding hydrogens is 324 g/mol. The summed E-state index contributed by atoms with van der Waals surface area (Å²) < 4.78 is 21.3. The maximum atomic E-state index is 11.6. The van der Waals surface area contributed by atoms with Crippen LogP contribution in [0, 0.1) is 0 Å². The maximum absolute atomic E-state index is 11.6. The van der Waals surface area contributed by atoms with Crippen molar-refractivity contribution in [3.8, 4) is 0 Å². The Morgan fingerprint density at radius 2 is 1.58 bits per heavy atom. The molecule has 0 amide bonds. The normalized spacial score (nSPS) is 28.5. The number of fused-ring (bicyclic) bond motifs is 1. The van der Waals surface area contributed by atoms with Gasteiger partial charge in [0.1, 0.15) is 18.0 Å². The second-order valence-corrected chi connectivity index (χ2v) is 5.32. The molecule has 0 spiro atoms. The molecule has 0 bridgehead atoms. The van der Waals surface area contributed by atoms with Crippen molar-refractivity contribution in [3.63, 3.8) is 0 Å². The van der Waals surface area contributed by atoms with Gasteiger partial charge >= 0.3 is 17.9 Å². The van der Waals surface area contributed by atoms with Gasteiger partial charge in [-0.1, -0.05) is 6.58 Å². The van der Waals surface area contributed by atoms with Crippen molar-refractivity contribution in [1.29, 1.82) is 0 Å². The number of allylic oxidation sites excluding steroid dienone is 1. The number of aliphatic carboxylic acids is 1. The summed E-state index contributed by atoms with van der Waals surface area (Å²) in [7, 11) is 0. The predicted octanol–water partition coefficient (Wildman–Crippen LogP) is 0.100. The van der Waals surface area contributed by atoms with Crippen molar-refractivity contribution in [1.82, 2.24) is 0 Å². The molecule has 9 nitrogen and oxygen atoms in total. The van der Waals surface area contributed by atoms with E-state index in [4.69, 9.17) is 29.2 Å². The molecule has 0 unspecified atom stereocenters. The average molecular weight is 342 g/mol. The Kier molecular flexibility index (Phi) is 5.93. The number of esters is 2. The van der Waals surface area contributed by atoms with Crippen LogP contribution in [0.15, 0.2) is 24.5 Å². The third-order valence-corrected chi connectivity index (χ3v) is 3.47. The zero-order valence-electron chi connectivity index (χ0n) is 12.8. The van der Waals surface area contributed by atoms with E-state index in [1.807, 2.05) is 0 Å². The quantitative estimate of drug-likeness (QED) is 0.286. The van der Waals surface area contributed by atoms with E-state index in [2.05, 4.69) is 6.58 Å². The van der Waals surface area contributed by atoms with Crippen LogP contribution in [0.4, 0.5) is 0 Å². The van der Waals surface area contributed by atoms with Gasteiger partial charge in [-0.3, -0.25) is 9.59 Å². The van der Waals surface area contributed by atoms with E-state index in [0.717, 1.165) is 12.2 Å². The van der Waals surface area contributed by atoms with Crippen LogP contribution >= 0.6 is 0 Å². The molecule has 2 aliphatic rings. The minimum atomic E-state index is -1.09. The minimum Gasteiger partial charge on any atom is -0.509 e. The molecule has 0 aromatic rings. The summed E-state index contributed by atoms with van der Waals surface area (Å²) in [6.45, 7) is 3.36. The molecule has 132 valence electrons. The average Bonchev–Trinajstić information content (AvgIpc) is 3.07. The highest BCUT2D eigenvalue weighted by molar-refractivity contribution is 5.82. The van der Waals surface area contributed by atoms with Crippen LogP contribution in [0.2, 0.25) is 0 Å². The summed E-state index contributed by atoms with van der Waals surface area (Å²) in [5, 5.41) is 17.4. The highest BCUT2D eigenvalue weighted by Crippen LogP contribution is 2.30. The number of carboxylic acids is 1. The Bertz CT molecular complexity index is 553. The van der Waals surface area contributed by atoms with Crippen molar-refractivity contribution < 1.29 is 43.5 Å². The Balaban J connectivity index is 1.83. The van der Waals surface area contributed by atoms with Crippen LogP contribution in [0.25, 0.3) is 0 Å². The van der Waals surface area contributed by atoms with E-state index < -0.39 is 42.3 Å². The second-order valence-electron chi connectivity index (χ2n) is 5.32. The zero-order valence-corrected chi connectivity index (χ0v) is 12.8. The minimum absolute atomic E-state index is 0.0749. The van der Waals surface area contributed by atoms with E-state index >= 15 is 0 Å². The fourth-order valence-electron chi connectivity index (χ4n) is 2.42. The smallest absolute Gasteiger partial charge is 0.331 e. The van der Waals surface area contributed by atoms with Gasteiger partial charge in [0.15, 0.2) is 12.2 Å². The topological polar surface area (TPSA) is 129 Å². The van der Waals surface area contributed by atoms with Gasteiger partial charge in [-0.25, -0.2) is 4.79 Å². The van der Waals surface area contributed by atoms with Gasteiger partial charge in [0.2, 0.25) is 0 Å². The first-order chi connectivity index (χ1) is 11.4. The number of ether oxygens (including phenoxy) is 4. The third kappa shape index (κ3) is 4.80. The van der Waals surface area contributed by atoms with Gasteiger partial charge in [0.25, 0.3) is 0 Å². The number of rotatable bonds is 7. The molecule has 2 fully saturated rings. The number of hydrogen-bond acceptors (Lipinski definition) is 8. The van der Waals surface area contributed by atoms with Gasteiger partial charge in [-0.2, -0.15) is 0 Å². The van der Waals surface area contributed by atoms with E-state index in [1.54, 1.807) is 0 Å². The SMILES string of the molecule is C=C(O)/C=C\C(=O)O[C@H]1CO[C@H]2[C@@H]1OC[C@H]2OC(=O)CCC(=O)O. The number of aliphatic hydroxyl groups excluding tert-OH is 1. The number of hydrogen-bond donors (Lipinski definition) is 2. The van der Waals surface area contributed by atoms with E-state index in [1.165, 1.54) is 0 Å². The molecule has 2 saturated heterocycles. The predicted molar refractivity (Wildman–Crippen MR) is 77.0 cm³/mol. The van der Waals surface area contributed by atoms with Crippen molar-refractivity contribution in [3.05, 3.63) is 24.5 Å². The van der Waals surface area contributed by atoms with Gasteiger partial charge in [0.05, 0.1) is 26.1 Å². The van der Waals surface area contributed by atoms with Gasteiger partial charge < -0.3 is 29.2 Å². The molecule has 0 aromatic heterocycles. The van der Waals surface area contributed by atoms with Crippen LogP contribution in [0.1, 0.15) is 12.8 Å². The lowest BCUT2D eigenvalue weighted by Crippen LogP contribution is -2.35. The monoisotopic (exact) mass is 342 g/mol. The summed E-state index contributed by atoms with van der Waals surface area (Å²) in [6, 6.07) is 0. The van der Waals surface area contributed by atoms with Crippen LogP contribution in [0.5, 0.6) is 0 Å². The van der Waals surface area contributed by atoms with Gasteiger partial charge in [-0.15, -0.1) is 0 Å². The maximum Gasteiger partial charge on any atom is 0.331 e. The molecule has 24 heavy (non-hydrogen) atoms. The van der Waals surface area contributed by atoms with Crippen LogP contribution < -0.4 is 0 Å². The molecule has 0 saturated carbocycles. The summed E-state index contributed by atoms with van der Waals surface area (Å²) in [5.41, 5.74) is 0. The van der Waals surface area contributed by atoms with Crippen LogP contribution in [0.3, 0.4) is 0 Å². The molecule has 9 heteroatoms. The van der Waals surface area contributed by atoms with E-state index in [0.29, 0.717) is 0 Å². The Labute approximate surface area is 137 Å². The lowest BCUT2D eigenvalue weighted by atomic mass is 10.1. The molecule has 2 rings (SSSR count). The lowest BCUT2D eigenvalue weighted by molar-refractivity contribution is -0.156. The summed E-state index contributed by atoms with van der Waals surface area (Å²) >= 11 is 0. The molecule has 0 aliphatic carbocycles. The summed E-state index contributed by atoms with van der Waals surface area (Å²) in [6.07, 6.45) is -0.923.